The molecular weight excluding hydrogens is 347 g/mol. The van der Waals surface area contributed by atoms with Gasteiger partial charge in [-0.25, -0.2) is 4.39 Å². The van der Waals surface area contributed by atoms with Crippen molar-refractivity contribution in [2.75, 3.05) is 26.2 Å². The van der Waals surface area contributed by atoms with E-state index < -0.39 is 16.8 Å². The van der Waals surface area contributed by atoms with Crippen LogP contribution in [0.5, 0.6) is 0 Å². The summed E-state index contributed by atoms with van der Waals surface area (Å²) in [6.07, 6.45) is 1.17. The minimum absolute atomic E-state index is 0.0893. The summed E-state index contributed by atoms with van der Waals surface area (Å²) in [5.74, 6) is -1.21. The lowest BCUT2D eigenvalue weighted by Gasteiger charge is -2.41. The fourth-order valence-electron chi connectivity index (χ4n) is 4.51. The third kappa shape index (κ3) is 3.59. The van der Waals surface area contributed by atoms with E-state index in [0.717, 1.165) is 25.2 Å². The monoisotopic (exact) mass is 376 g/mol. The van der Waals surface area contributed by atoms with E-state index in [1.54, 1.807) is 19.1 Å². The molecule has 1 heterocycles. The summed E-state index contributed by atoms with van der Waals surface area (Å²) in [5.41, 5.74) is -0.371. The van der Waals surface area contributed by atoms with Crippen molar-refractivity contribution in [3.8, 4) is 0 Å². The maximum Gasteiger partial charge on any atom is 0.309 e. The summed E-state index contributed by atoms with van der Waals surface area (Å²) in [4.78, 5) is 29.0. The lowest BCUT2D eigenvalue weighted by molar-refractivity contribution is -0.156. The lowest BCUT2D eigenvalue weighted by Crippen LogP contribution is -2.52. The number of piperazine rings is 1. The van der Waals surface area contributed by atoms with Crippen LogP contribution in [0.15, 0.2) is 24.3 Å². The Morgan fingerprint density at radius 2 is 1.70 bits per heavy atom. The zero-order valence-electron chi connectivity index (χ0n) is 16.4. The van der Waals surface area contributed by atoms with E-state index in [2.05, 4.69) is 4.90 Å². The van der Waals surface area contributed by atoms with Gasteiger partial charge in [0.15, 0.2) is 0 Å². The van der Waals surface area contributed by atoms with Gasteiger partial charge >= 0.3 is 5.97 Å². The van der Waals surface area contributed by atoms with Crippen molar-refractivity contribution in [2.24, 2.45) is 16.7 Å². The quantitative estimate of drug-likeness (QED) is 0.878. The number of rotatable bonds is 4. The van der Waals surface area contributed by atoms with Crippen LogP contribution in [0, 0.1) is 22.6 Å². The number of carboxylic acid groups (broad SMARTS) is 1. The molecule has 1 saturated carbocycles. The van der Waals surface area contributed by atoms with E-state index in [1.165, 1.54) is 12.1 Å². The van der Waals surface area contributed by atoms with Crippen LogP contribution in [0.25, 0.3) is 0 Å². The SMILES string of the molecule is CC1(C)[C@H](C(=O)N2CCN(Cc3ccc(F)cc3)CC2)CC[C@@]1(C)C(=O)O. The Balaban J connectivity index is 1.59. The predicted molar refractivity (Wildman–Crippen MR) is 101 cm³/mol. The van der Waals surface area contributed by atoms with Crippen LogP contribution in [0.2, 0.25) is 0 Å². The van der Waals surface area contributed by atoms with E-state index in [4.69, 9.17) is 0 Å². The second-order valence-corrected chi connectivity index (χ2v) is 8.68. The highest BCUT2D eigenvalue weighted by Gasteiger charge is 2.58. The third-order valence-corrected chi connectivity index (χ3v) is 7.00. The van der Waals surface area contributed by atoms with E-state index in [-0.39, 0.29) is 17.6 Å². The van der Waals surface area contributed by atoms with Crippen molar-refractivity contribution in [1.29, 1.82) is 0 Å². The molecule has 2 aliphatic rings. The average Bonchev–Trinajstić information content (AvgIpc) is 2.88. The molecule has 6 heteroatoms. The van der Waals surface area contributed by atoms with E-state index in [9.17, 15) is 19.1 Å². The Labute approximate surface area is 160 Å². The van der Waals surface area contributed by atoms with E-state index in [0.29, 0.717) is 25.9 Å². The molecule has 1 amide bonds. The summed E-state index contributed by atoms with van der Waals surface area (Å²) in [5, 5.41) is 9.66. The maximum absolute atomic E-state index is 13.1. The molecule has 0 aromatic heterocycles. The van der Waals surface area contributed by atoms with Crippen LogP contribution >= 0.6 is 0 Å². The number of hydrogen-bond donors (Lipinski definition) is 1. The zero-order valence-corrected chi connectivity index (χ0v) is 16.4. The summed E-state index contributed by atoms with van der Waals surface area (Å²) in [7, 11) is 0. The molecule has 1 aromatic rings. The van der Waals surface area contributed by atoms with Gasteiger partial charge in [0, 0.05) is 38.6 Å². The molecule has 0 spiro atoms. The highest BCUT2D eigenvalue weighted by molar-refractivity contribution is 5.84. The second kappa shape index (κ2) is 7.23. The lowest BCUT2D eigenvalue weighted by atomic mass is 9.65. The van der Waals surface area contributed by atoms with Crippen molar-refractivity contribution in [2.45, 2.75) is 40.2 Å². The maximum atomic E-state index is 13.1. The van der Waals surface area contributed by atoms with Crippen molar-refractivity contribution in [3.05, 3.63) is 35.6 Å². The second-order valence-electron chi connectivity index (χ2n) is 8.68. The first-order chi connectivity index (χ1) is 12.6. The third-order valence-electron chi connectivity index (χ3n) is 7.00. The molecule has 0 unspecified atom stereocenters. The molecule has 2 fully saturated rings. The van der Waals surface area contributed by atoms with Crippen LogP contribution in [0.1, 0.15) is 39.2 Å². The number of amides is 1. The fourth-order valence-corrected chi connectivity index (χ4v) is 4.51. The van der Waals surface area contributed by atoms with Crippen LogP contribution in [-0.4, -0.2) is 53.0 Å². The number of carboxylic acids is 1. The molecule has 3 rings (SSSR count). The number of aliphatic carboxylic acids is 1. The molecule has 148 valence electrons. The van der Waals surface area contributed by atoms with E-state index >= 15 is 0 Å². The van der Waals surface area contributed by atoms with Gasteiger partial charge in [-0.05, 0) is 42.9 Å². The highest BCUT2D eigenvalue weighted by Crippen LogP contribution is 2.56. The van der Waals surface area contributed by atoms with Crippen LogP contribution in [-0.2, 0) is 16.1 Å². The molecule has 27 heavy (non-hydrogen) atoms. The molecule has 1 saturated heterocycles. The van der Waals surface area contributed by atoms with Crippen LogP contribution in [0.4, 0.5) is 4.39 Å². The van der Waals surface area contributed by atoms with Gasteiger partial charge in [0.05, 0.1) is 5.41 Å². The summed E-state index contributed by atoms with van der Waals surface area (Å²) in [6.45, 7) is 9.19. The van der Waals surface area contributed by atoms with Crippen LogP contribution in [0.3, 0.4) is 0 Å². The summed E-state index contributed by atoms with van der Waals surface area (Å²) in [6, 6.07) is 6.52. The van der Waals surface area contributed by atoms with Gasteiger partial charge in [0.25, 0.3) is 0 Å². The van der Waals surface area contributed by atoms with Gasteiger partial charge in [-0.3, -0.25) is 14.5 Å². The molecule has 2 atom stereocenters. The Morgan fingerprint density at radius 1 is 1.11 bits per heavy atom. The van der Waals surface area contributed by atoms with Crippen molar-refractivity contribution in [3.63, 3.8) is 0 Å². The number of hydrogen-bond acceptors (Lipinski definition) is 3. The molecule has 0 radical (unpaired) electrons. The van der Waals surface area contributed by atoms with Crippen molar-refractivity contribution in [1.82, 2.24) is 9.80 Å². The van der Waals surface area contributed by atoms with Gasteiger partial charge in [-0.2, -0.15) is 0 Å². The van der Waals surface area contributed by atoms with Crippen molar-refractivity contribution >= 4 is 11.9 Å². The molecule has 1 aliphatic heterocycles. The Bertz CT molecular complexity index is 711. The molecule has 1 aliphatic carbocycles. The predicted octanol–water partition coefficient (Wildman–Crippen LogP) is 3.00. The first-order valence-corrected chi connectivity index (χ1v) is 9.64. The standard InChI is InChI=1S/C21H29FN2O3/c1-20(2)17(8-9-21(20,3)19(26)27)18(25)24-12-10-23(11-13-24)14-15-4-6-16(22)7-5-15/h4-7,17H,8-14H2,1-3H3,(H,26,27)/t17-,21-/m0/s1. The molecular formula is C21H29FN2O3. The fraction of sp³-hybridized carbons (Fsp3) is 0.619. The molecule has 1 aromatic carbocycles. The topological polar surface area (TPSA) is 60.9 Å². The number of carbonyl (C=O) groups is 2. The summed E-state index contributed by atoms with van der Waals surface area (Å²) >= 11 is 0. The van der Waals surface area contributed by atoms with Gasteiger partial charge in [0.2, 0.25) is 5.91 Å². The molecule has 1 N–H and O–H groups in total. The number of carbonyl (C=O) groups excluding carboxylic acids is 1. The zero-order chi connectivity index (χ0) is 19.8. The summed E-state index contributed by atoms with van der Waals surface area (Å²) < 4.78 is 13.0. The first kappa shape index (κ1) is 19.8. The highest BCUT2D eigenvalue weighted by atomic mass is 19.1. The van der Waals surface area contributed by atoms with Gasteiger partial charge in [-0.1, -0.05) is 26.0 Å². The first-order valence-electron chi connectivity index (χ1n) is 9.64. The van der Waals surface area contributed by atoms with E-state index in [1.807, 2.05) is 18.7 Å². The van der Waals surface area contributed by atoms with Gasteiger partial charge in [-0.15, -0.1) is 0 Å². The number of halogens is 1. The minimum atomic E-state index is -0.863. The number of benzene rings is 1. The molecule has 0 bridgehead atoms. The van der Waals surface area contributed by atoms with Gasteiger partial charge in [0.1, 0.15) is 5.82 Å². The normalized spacial score (nSPS) is 28.3. The van der Waals surface area contributed by atoms with Crippen LogP contribution < -0.4 is 0 Å². The Hall–Kier alpha value is -1.95. The molecule has 5 nitrogen and oxygen atoms in total. The average molecular weight is 376 g/mol. The van der Waals surface area contributed by atoms with Crippen molar-refractivity contribution < 1.29 is 19.1 Å². The Morgan fingerprint density at radius 3 is 2.22 bits per heavy atom. The largest absolute Gasteiger partial charge is 0.481 e. The minimum Gasteiger partial charge on any atom is -0.481 e. The number of nitrogens with zero attached hydrogens (tertiary/aromatic N) is 2. The Kier molecular flexibility index (Phi) is 5.30. The smallest absolute Gasteiger partial charge is 0.309 e. The van der Waals surface area contributed by atoms with Gasteiger partial charge < -0.3 is 10.0 Å².